The molecule has 0 saturated heterocycles. The van der Waals surface area contributed by atoms with E-state index in [2.05, 4.69) is 5.10 Å². The molecule has 0 aliphatic carbocycles. The number of hydrogen-bond donors (Lipinski definition) is 0. The summed E-state index contributed by atoms with van der Waals surface area (Å²) in [5.41, 5.74) is 3.10. The van der Waals surface area contributed by atoms with E-state index in [9.17, 15) is 9.59 Å². The number of carbonyl (C=O) groups excluding carboxylic acids is 2. The van der Waals surface area contributed by atoms with Gasteiger partial charge >= 0.3 is 5.97 Å². The number of carbonyl (C=O) groups is 2. The van der Waals surface area contributed by atoms with Gasteiger partial charge in [-0.25, -0.2) is 14.5 Å². The first-order valence-electron chi connectivity index (χ1n) is 11.0. The summed E-state index contributed by atoms with van der Waals surface area (Å²) < 4.78 is 12.4. The predicted octanol–water partition coefficient (Wildman–Crippen LogP) is 5.18. The molecule has 174 valence electrons. The monoisotopic (exact) mass is 457 g/mol. The fourth-order valence-electron chi connectivity index (χ4n) is 3.53. The number of methoxy groups -OCH3 is 1. The Labute approximate surface area is 198 Å². The number of ketones is 1. The Bertz CT molecular complexity index is 1350. The SMILES string of the molecule is COc1ccc(-c2cc(C(=O)OCC(=O)C(C)(C)C)c3c(C)nn(-c4ccccc4)c3n2)cc1. The van der Waals surface area contributed by atoms with Crippen LogP contribution in [0.25, 0.3) is 28.0 Å². The van der Waals surface area contributed by atoms with E-state index in [-0.39, 0.29) is 12.4 Å². The van der Waals surface area contributed by atoms with Crippen molar-refractivity contribution in [3.63, 3.8) is 0 Å². The standard InChI is InChI=1S/C27H27N3O4/c1-17-24-21(26(32)34-16-23(31)27(2,3)4)15-22(18-11-13-20(33-5)14-12-18)28-25(24)30(29-17)19-9-7-6-8-10-19/h6-15H,16H2,1-5H3. The van der Waals surface area contributed by atoms with E-state index in [0.29, 0.717) is 28.0 Å². The average molecular weight is 458 g/mol. The number of pyridine rings is 1. The van der Waals surface area contributed by atoms with E-state index >= 15 is 0 Å². The van der Waals surface area contributed by atoms with Crippen LogP contribution in [0.4, 0.5) is 0 Å². The number of benzene rings is 2. The number of nitrogens with zero attached hydrogens (tertiary/aromatic N) is 3. The maximum Gasteiger partial charge on any atom is 0.339 e. The van der Waals surface area contributed by atoms with Gasteiger partial charge in [0.2, 0.25) is 0 Å². The van der Waals surface area contributed by atoms with Gasteiger partial charge in [-0.15, -0.1) is 0 Å². The molecule has 0 fully saturated rings. The Kier molecular flexibility index (Phi) is 6.20. The largest absolute Gasteiger partial charge is 0.497 e. The summed E-state index contributed by atoms with van der Waals surface area (Å²) in [4.78, 5) is 30.4. The lowest BCUT2D eigenvalue weighted by molar-refractivity contribution is -0.129. The Hall–Kier alpha value is -4.00. The highest BCUT2D eigenvalue weighted by Gasteiger charge is 2.25. The lowest BCUT2D eigenvalue weighted by Gasteiger charge is -2.16. The highest BCUT2D eigenvalue weighted by Crippen LogP contribution is 2.30. The summed E-state index contributed by atoms with van der Waals surface area (Å²) in [6.45, 7) is 6.92. The Morgan fingerprint density at radius 1 is 1.00 bits per heavy atom. The average Bonchev–Trinajstić information content (AvgIpc) is 3.18. The van der Waals surface area contributed by atoms with Crippen molar-refractivity contribution in [3.8, 4) is 22.7 Å². The van der Waals surface area contributed by atoms with Gasteiger partial charge < -0.3 is 9.47 Å². The van der Waals surface area contributed by atoms with E-state index in [1.807, 2.05) is 61.5 Å². The molecule has 0 saturated carbocycles. The maximum absolute atomic E-state index is 13.2. The number of fused-ring (bicyclic) bond motifs is 1. The van der Waals surface area contributed by atoms with Gasteiger partial charge in [0.1, 0.15) is 5.75 Å². The van der Waals surface area contributed by atoms with Crippen molar-refractivity contribution in [3.05, 3.63) is 71.9 Å². The topological polar surface area (TPSA) is 83.3 Å². The molecule has 0 aliphatic heterocycles. The Morgan fingerprint density at radius 2 is 1.68 bits per heavy atom. The third kappa shape index (κ3) is 4.55. The van der Waals surface area contributed by atoms with Crippen molar-refractivity contribution in [1.29, 1.82) is 0 Å². The zero-order chi connectivity index (χ0) is 24.5. The molecule has 0 radical (unpaired) electrons. The van der Waals surface area contributed by atoms with Crippen LogP contribution >= 0.6 is 0 Å². The second-order valence-corrected chi connectivity index (χ2v) is 9.06. The Balaban J connectivity index is 1.86. The first-order chi connectivity index (χ1) is 16.2. The lowest BCUT2D eigenvalue weighted by Crippen LogP contribution is -2.26. The molecule has 0 spiro atoms. The van der Waals surface area contributed by atoms with Gasteiger partial charge in [0.15, 0.2) is 18.0 Å². The summed E-state index contributed by atoms with van der Waals surface area (Å²) in [6, 6.07) is 18.7. The molecule has 0 N–H and O–H groups in total. The van der Waals surface area contributed by atoms with Crippen LogP contribution in [-0.4, -0.2) is 40.2 Å². The van der Waals surface area contributed by atoms with E-state index < -0.39 is 11.4 Å². The fourth-order valence-corrected chi connectivity index (χ4v) is 3.53. The van der Waals surface area contributed by atoms with Crippen molar-refractivity contribution in [2.24, 2.45) is 5.41 Å². The molecule has 4 aromatic rings. The van der Waals surface area contributed by atoms with Crippen LogP contribution in [0.2, 0.25) is 0 Å². The quantitative estimate of drug-likeness (QED) is 0.371. The minimum atomic E-state index is -0.601. The number of ether oxygens (including phenoxy) is 2. The molecule has 34 heavy (non-hydrogen) atoms. The van der Waals surface area contributed by atoms with Crippen molar-refractivity contribution < 1.29 is 19.1 Å². The maximum atomic E-state index is 13.2. The third-order valence-electron chi connectivity index (χ3n) is 5.59. The van der Waals surface area contributed by atoms with Gasteiger partial charge in [0.25, 0.3) is 0 Å². The first-order valence-corrected chi connectivity index (χ1v) is 11.0. The smallest absolute Gasteiger partial charge is 0.339 e. The molecule has 2 aromatic heterocycles. The molecule has 2 heterocycles. The molecule has 7 nitrogen and oxygen atoms in total. The number of Topliss-reactive ketones (excluding diaryl/α,β-unsaturated/α-hetero) is 1. The minimum absolute atomic E-state index is 0.154. The second-order valence-electron chi connectivity index (χ2n) is 9.06. The molecular formula is C27H27N3O4. The van der Waals surface area contributed by atoms with Crippen LogP contribution in [0.15, 0.2) is 60.7 Å². The zero-order valence-corrected chi connectivity index (χ0v) is 20.0. The van der Waals surface area contributed by atoms with Crippen molar-refractivity contribution in [2.45, 2.75) is 27.7 Å². The van der Waals surface area contributed by atoms with Crippen molar-refractivity contribution >= 4 is 22.8 Å². The highest BCUT2D eigenvalue weighted by molar-refractivity contribution is 6.06. The van der Waals surface area contributed by atoms with Gasteiger partial charge in [-0.1, -0.05) is 39.0 Å². The van der Waals surface area contributed by atoms with Crippen LogP contribution in [0.1, 0.15) is 36.8 Å². The van der Waals surface area contributed by atoms with Crippen molar-refractivity contribution in [2.75, 3.05) is 13.7 Å². The molecular weight excluding hydrogens is 430 g/mol. The Morgan fingerprint density at radius 3 is 2.29 bits per heavy atom. The number of rotatable bonds is 6. The summed E-state index contributed by atoms with van der Waals surface area (Å²) in [6.07, 6.45) is 0. The molecule has 7 heteroatoms. The normalized spacial score (nSPS) is 11.4. The van der Waals surface area contributed by atoms with Crippen molar-refractivity contribution in [1.82, 2.24) is 14.8 Å². The summed E-state index contributed by atoms with van der Waals surface area (Å²) >= 11 is 0. The van der Waals surface area contributed by atoms with Gasteiger partial charge in [-0.2, -0.15) is 5.10 Å². The fraction of sp³-hybridized carbons (Fsp3) is 0.259. The summed E-state index contributed by atoms with van der Waals surface area (Å²) in [5.74, 6) is -0.0240. The number of para-hydroxylation sites is 1. The van der Waals surface area contributed by atoms with Gasteiger partial charge in [0.05, 0.1) is 35.1 Å². The van der Waals surface area contributed by atoms with Crippen LogP contribution < -0.4 is 4.74 Å². The summed E-state index contributed by atoms with van der Waals surface area (Å²) in [7, 11) is 1.60. The van der Waals surface area contributed by atoms with Gasteiger partial charge in [-0.3, -0.25) is 4.79 Å². The second kappa shape index (κ2) is 9.09. The van der Waals surface area contributed by atoms with Crippen LogP contribution in [0, 0.1) is 12.3 Å². The third-order valence-corrected chi connectivity index (χ3v) is 5.59. The van der Waals surface area contributed by atoms with Crippen LogP contribution in [-0.2, 0) is 9.53 Å². The van der Waals surface area contributed by atoms with Gasteiger partial charge in [-0.05, 0) is 49.4 Å². The molecule has 0 bridgehead atoms. The lowest BCUT2D eigenvalue weighted by atomic mass is 9.91. The van der Waals surface area contributed by atoms with E-state index in [0.717, 1.165) is 17.0 Å². The molecule has 0 unspecified atom stereocenters. The number of aryl methyl sites for hydroxylation is 1. The zero-order valence-electron chi connectivity index (χ0n) is 20.0. The molecule has 4 rings (SSSR count). The number of esters is 1. The number of hydrogen-bond acceptors (Lipinski definition) is 6. The van der Waals surface area contributed by atoms with E-state index in [1.165, 1.54) is 0 Å². The highest BCUT2D eigenvalue weighted by atomic mass is 16.5. The van der Waals surface area contributed by atoms with Crippen LogP contribution in [0.3, 0.4) is 0 Å². The predicted molar refractivity (Wildman–Crippen MR) is 130 cm³/mol. The van der Waals surface area contributed by atoms with E-state index in [1.54, 1.807) is 38.6 Å². The molecule has 0 amide bonds. The first kappa shape index (κ1) is 23.2. The van der Waals surface area contributed by atoms with Crippen LogP contribution in [0.5, 0.6) is 5.75 Å². The molecule has 2 aromatic carbocycles. The van der Waals surface area contributed by atoms with Gasteiger partial charge in [0, 0.05) is 11.0 Å². The molecule has 0 aliphatic rings. The number of aromatic nitrogens is 3. The van der Waals surface area contributed by atoms with E-state index in [4.69, 9.17) is 14.5 Å². The summed E-state index contributed by atoms with van der Waals surface area (Å²) in [5, 5.41) is 5.25. The minimum Gasteiger partial charge on any atom is -0.497 e. The molecule has 0 atom stereocenters.